The number of hydrogen-bond acceptors (Lipinski definition) is 3. The van der Waals surface area contributed by atoms with Crippen molar-refractivity contribution in [2.45, 2.75) is 64.7 Å². The van der Waals surface area contributed by atoms with Crippen molar-refractivity contribution in [3.63, 3.8) is 0 Å². The SMILES string of the molecule is CCC(CC)[C@@H]1C(=O)N[C@H](C2Cc3ccccc3C2)C(=O)N1Cc1cccc(CN(C)C)c1. The lowest BCUT2D eigenvalue weighted by Gasteiger charge is -2.43. The van der Waals surface area contributed by atoms with E-state index >= 15 is 0 Å². The number of rotatable bonds is 8. The maximum Gasteiger partial charge on any atom is 0.246 e. The molecule has 1 saturated heterocycles. The van der Waals surface area contributed by atoms with Gasteiger partial charge in [0.15, 0.2) is 0 Å². The average Bonchev–Trinajstić information content (AvgIpc) is 3.22. The Hall–Kier alpha value is -2.66. The van der Waals surface area contributed by atoms with Crippen LogP contribution < -0.4 is 5.32 Å². The second-order valence-electron chi connectivity index (χ2n) is 9.97. The van der Waals surface area contributed by atoms with E-state index in [1.807, 2.05) is 4.90 Å². The smallest absolute Gasteiger partial charge is 0.246 e. The van der Waals surface area contributed by atoms with E-state index in [1.54, 1.807) is 0 Å². The van der Waals surface area contributed by atoms with Gasteiger partial charge in [0.1, 0.15) is 12.1 Å². The largest absolute Gasteiger partial charge is 0.342 e. The van der Waals surface area contributed by atoms with E-state index in [4.69, 9.17) is 0 Å². The van der Waals surface area contributed by atoms with E-state index in [0.717, 1.165) is 37.8 Å². The monoisotopic (exact) mass is 447 g/mol. The number of nitrogens with one attached hydrogen (secondary N) is 1. The van der Waals surface area contributed by atoms with Crippen LogP contribution in [0.3, 0.4) is 0 Å². The predicted molar refractivity (Wildman–Crippen MR) is 132 cm³/mol. The quantitative estimate of drug-likeness (QED) is 0.670. The molecule has 1 aliphatic heterocycles. The molecule has 1 aliphatic carbocycles. The minimum Gasteiger partial charge on any atom is -0.342 e. The molecule has 2 atom stereocenters. The Balaban J connectivity index is 1.61. The van der Waals surface area contributed by atoms with Crippen LogP contribution in [-0.2, 0) is 35.5 Å². The molecule has 1 fully saturated rings. The van der Waals surface area contributed by atoms with Gasteiger partial charge in [0.2, 0.25) is 11.8 Å². The van der Waals surface area contributed by atoms with Gasteiger partial charge in [-0.2, -0.15) is 0 Å². The molecule has 2 amide bonds. The molecule has 0 saturated carbocycles. The molecular formula is C28H37N3O2. The van der Waals surface area contributed by atoms with Gasteiger partial charge in [0.25, 0.3) is 0 Å². The van der Waals surface area contributed by atoms with Crippen molar-refractivity contribution in [2.24, 2.45) is 11.8 Å². The van der Waals surface area contributed by atoms with Gasteiger partial charge in [0.05, 0.1) is 0 Å². The summed E-state index contributed by atoms with van der Waals surface area (Å²) >= 11 is 0. The van der Waals surface area contributed by atoms with E-state index in [-0.39, 0.29) is 23.7 Å². The molecule has 0 aromatic heterocycles. The highest BCUT2D eigenvalue weighted by Crippen LogP contribution is 2.33. The maximum atomic E-state index is 13.9. The van der Waals surface area contributed by atoms with Gasteiger partial charge in [-0.25, -0.2) is 0 Å². The summed E-state index contributed by atoms with van der Waals surface area (Å²) in [5.74, 6) is 0.348. The molecule has 5 nitrogen and oxygen atoms in total. The Bertz CT molecular complexity index is 973. The first-order chi connectivity index (χ1) is 15.9. The Morgan fingerprint density at radius 3 is 2.21 bits per heavy atom. The van der Waals surface area contributed by atoms with Gasteiger partial charge in [-0.3, -0.25) is 9.59 Å². The van der Waals surface area contributed by atoms with Gasteiger partial charge < -0.3 is 15.1 Å². The van der Waals surface area contributed by atoms with Crippen LogP contribution in [0.2, 0.25) is 0 Å². The first-order valence-corrected chi connectivity index (χ1v) is 12.3. The van der Waals surface area contributed by atoms with Gasteiger partial charge >= 0.3 is 0 Å². The van der Waals surface area contributed by atoms with Gasteiger partial charge in [-0.15, -0.1) is 0 Å². The number of hydrogen-bond donors (Lipinski definition) is 1. The molecule has 33 heavy (non-hydrogen) atoms. The van der Waals surface area contributed by atoms with Crippen molar-refractivity contribution in [1.82, 2.24) is 15.1 Å². The summed E-state index contributed by atoms with van der Waals surface area (Å²) in [5, 5.41) is 3.16. The fourth-order valence-corrected chi connectivity index (χ4v) is 5.67. The molecule has 0 radical (unpaired) electrons. The third kappa shape index (κ3) is 4.98. The summed E-state index contributed by atoms with van der Waals surface area (Å²) in [5.41, 5.74) is 4.90. The van der Waals surface area contributed by atoms with Crippen LogP contribution in [0.15, 0.2) is 48.5 Å². The molecule has 1 heterocycles. The molecule has 0 bridgehead atoms. The van der Waals surface area contributed by atoms with Crippen molar-refractivity contribution in [3.05, 3.63) is 70.8 Å². The van der Waals surface area contributed by atoms with Crippen LogP contribution in [0.25, 0.3) is 0 Å². The average molecular weight is 448 g/mol. The lowest BCUT2D eigenvalue weighted by Crippen LogP contribution is -2.66. The number of nitrogens with zero attached hydrogens (tertiary/aromatic N) is 2. The molecule has 176 valence electrons. The molecule has 1 N–H and O–H groups in total. The number of piperazine rings is 1. The van der Waals surface area contributed by atoms with E-state index < -0.39 is 12.1 Å². The standard InChI is InChI=1S/C28H37N3O2/c1-5-21(6-2)26-27(32)29-25(24-15-22-12-7-8-13-23(22)16-24)28(33)31(26)18-20-11-9-10-19(14-20)17-30(3)4/h7-14,21,24-26H,5-6,15-18H2,1-4H3,(H,29,32)/t25-,26-/m1/s1. The molecule has 2 aliphatic rings. The molecule has 2 aromatic carbocycles. The predicted octanol–water partition coefficient (Wildman–Crippen LogP) is 3.80. The van der Waals surface area contributed by atoms with Crippen molar-refractivity contribution in [1.29, 1.82) is 0 Å². The van der Waals surface area contributed by atoms with Crippen LogP contribution in [0.4, 0.5) is 0 Å². The van der Waals surface area contributed by atoms with Crippen LogP contribution in [0, 0.1) is 11.8 Å². The van der Waals surface area contributed by atoms with Gasteiger partial charge in [0, 0.05) is 13.1 Å². The zero-order valence-electron chi connectivity index (χ0n) is 20.4. The number of amides is 2. The number of carbonyl (C=O) groups excluding carboxylic acids is 2. The molecular weight excluding hydrogens is 410 g/mol. The van der Waals surface area contributed by atoms with Gasteiger partial charge in [-0.1, -0.05) is 75.2 Å². The normalized spacial score (nSPS) is 21.1. The van der Waals surface area contributed by atoms with Gasteiger partial charge in [-0.05, 0) is 61.0 Å². The third-order valence-corrected chi connectivity index (χ3v) is 7.34. The van der Waals surface area contributed by atoms with Crippen molar-refractivity contribution in [2.75, 3.05) is 14.1 Å². The highest BCUT2D eigenvalue weighted by Gasteiger charge is 2.46. The Kier molecular flexibility index (Phi) is 7.18. The number of benzene rings is 2. The van der Waals surface area contributed by atoms with E-state index in [1.165, 1.54) is 16.7 Å². The van der Waals surface area contributed by atoms with Crippen LogP contribution in [0.5, 0.6) is 0 Å². The van der Waals surface area contributed by atoms with Crippen molar-refractivity contribution < 1.29 is 9.59 Å². The summed E-state index contributed by atoms with van der Waals surface area (Å²) in [7, 11) is 4.11. The highest BCUT2D eigenvalue weighted by atomic mass is 16.2. The van der Waals surface area contributed by atoms with Crippen LogP contribution >= 0.6 is 0 Å². The molecule has 5 heteroatoms. The molecule has 4 rings (SSSR count). The van der Waals surface area contributed by atoms with E-state index in [0.29, 0.717) is 6.54 Å². The summed E-state index contributed by atoms with van der Waals surface area (Å²) in [6.45, 7) is 5.55. The fraction of sp³-hybridized carbons (Fsp3) is 0.500. The summed E-state index contributed by atoms with van der Waals surface area (Å²) in [6.07, 6.45) is 3.43. The summed E-state index contributed by atoms with van der Waals surface area (Å²) in [6, 6.07) is 15.9. The van der Waals surface area contributed by atoms with Crippen LogP contribution in [-0.4, -0.2) is 47.8 Å². The first-order valence-electron chi connectivity index (χ1n) is 12.3. The minimum absolute atomic E-state index is 0.00806. The van der Waals surface area contributed by atoms with E-state index in [2.05, 4.69) is 86.7 Å². The number of fused-ring (bicyclic) bond motifs is 1. The molecule has 0 spiro atoms. The second-order valence-corrected chi connectivity index (χ2v) is 9.97. The zero-order valence-corrected chi connectivity index (χ0v) is 20.4. The van der Waals surface area contributed by atoms with Crippen molar-refractivity contribution in [3.8, 4) is 0 Å². The van der Waals surface area contributed by atoms with Crippen molar-refractivity contribution >= 4 is 11.8 Å². The Morgan fingerprint density at radius 2 is 1.61 bits per heavy atom. The lowest BCUT2D eigenvalue weighted by molar-refractivity contribution is -0.154. The minimum atomic E-state index is -0.458. The molecule has 0 unspecified atom stereocenters. The fourth-order valence-electron chi connectivity index (χ4n) is 5.67. The highest BCUT2D eigenvalue weighted by molar-refractivity contribution is 5.97. The lowest BCUT2D eigenvalue weighted by atomic mass is 9.86. The topological polar surface area (TPSA) is 52.7 Å². The zero-order chi connectivity index (χ0) is 23.5. The Morgan fingerprint density at radius 1 is 0.970 bits per heavy atom. The first kappa shape index (κ1) is 23.5. The Labute approximate surface area is 198 Å². The second kappa shape index (κ2) is 10.1. The molecule has 2 aromatic rings. The summed E-state index contributed by atoms with van der Waals surface area (Å²) in [4.78, 5) is 31.4. The van der Waals surface area contributed by atoms with Crippen LogP contribution in [0.1, 0.15) is 48.9 Å². The van der Waals surface area contributed by atoms with E-state index in [9.17, 15) is 9.59 Å². The third-order valence-electron chi connectivity index (χ3n) is 7.34. The maximum absolute atomic E-state index is 13.9. The number of carbonyl (C=O) groups is 2. The summed E-state index contributed by atoms with van der Waals surface area (Å²) < 4.78 is 0.